The third-order valence-corrected chi connectivity index (χ3v) is 6.88. The summed E-state index contributed by atoms with van der Waals surface area (Å²) >= 11 is 12.7. The van der Waals surface area contributed by atoms with Crippen LogP contribution in [0.1, 0.15) is 62.4 Å². The zero-order chi connectivity index (χ0) is 30.4. The van der Waals surface area contributed by atoms with Crippen LogP contribution in [0.5, 0.6) is 0 Å². The Hall–Kier alpha value is -2.86. The van der Waals surface area contributed by atoms with Crippen LogP contribution >= 0.6 is 23.2 Å². The first-order valence-electron chi connectivity index (χ1n) is 11.9. The molecule has 1 heterocycles. The Labute approximate surface area is 236 Å². The molecule has 1 aliphatic rings. The lowest BCUT2D eigenvalue weighted by Crippen LogP contribution is -2.49. The number of methoxy groups -OCH3 is 1. The normalized spacial score (nSPS) is 17.8. The highest BCUT2D eigenvalue weighted by molar-refractivity contribution is 6.44. The fourth-order valence-electron chi connectivity index (χ4n) is 4.45. The quantitative estimate of drug-likeness (QED) is 0.324. The molecule has 0 aromatic heterocycles. The minimum Gasteiger partial charge on any atom is -0.453 e. The predicted octanol–water partition coefficient (Wildman–Crippen LogP) is 8.87. The minimum atomic E-state index is -5.07. The van der Waals surface area contributed by atoms with Gasteiger partial charge in [-0.3, -0.25) is 9.80 Å². The molecular weight excluding hydrogens is 589 g/mol. The van der Waals surface area contributed by atoms with Crippen molar-refractivity contribution in [2.45, 2.75) is 70.7 Å². The van der Waals surface area contributed by atoms with Crippen molar-refractivity contribution in [1.82, 2.24) is 4.90 Å². The number of rotatable bonds is 3. The molecule has 3 rings (SSSR count). The van der Waals surface area contributed by atoms with Crippen LogP contribution in [0.25, 0.3) is 0 Å². The summed E-state index contributed by atoms with van der Waals surface area (Å²) in [6.45, 7) is 5.92. The first-order valence-corrected chi connectivity index (χ1v) is 12.6. The lowest BCUT2D eigenvalue weighted by Gasteiger charge is -2.43. The van der Waals surface area contributed by atoms with E-state index in [1.807, 2.05) is 0 Å². The number of nitrogens with zero attached hydrogens (tertiary/aromatic N) is 2. The molecule has 0 radical (unpaired) electrons. The van der Waals surface area contributed by atoms with E-state index in [4.69, 9.17) is 32.7 Å². The number of ether oxygens (including phenoxy) is 2. The van der Waals surface area contributed by atoms with Gasteiger partial charge in [0.1, 0.15) is 5.60 Å². The number of alkyl halides is 6. The number of halogens is 8. The second-order valence-electron chi connectivity index (χ2n) is 10.3. The molecule has 0 saturated carbocycles. The lowest BCUT2D eigenvalue weighted by molar-refractivity contribution is -0.143. The number of amides is 2. The van der Waals surface area contributed by atoms with E-state index in [2.05, 4.69) is 0 Å². The van der Waals surface area contributed by atoms with Gasteiger partial charge in [-0.25, -0.2) is 9.59 Å². The molecule has 0 bridgehead atoms. The molecule has 2 atom stereocenters. The van der Waals surface area contributed by atoms with Crippen molar-refractivity contribution >= 4 is 41.1 Å². The van der Waals surface area contributed by atoms with E-state index in [1.54, 1.807) is 27.7 Å². The summed E-state index contributed by atoms with van der Waals surface area (Å²) in [5.41, 5.74) is -3.99. The second-order valence-corrected chi connectivity index (χ2v) is 11.0. The Bertz CT molecular complexity index is 1260. The van der Waals surface area contributed by atoms with Crippen LogP contribution in [-0.2, 0) is 28.4 Å². The zero-order valence-corrected chi connectivity index (χ0v) is 23.5. The van der Waals surface area contributed by atoms with Crippen molar-refractivity contribution in [2.75, 3.05) is 12.0 Å². The van der Waals surface area contributed by atoms with Gasteiger partial charge in [0, 0.05) is 18.2 Å². The summed E-state index contributed by atoms with van der Waals surface area (Å²) in [5.74, 6) is 0. The molecule has 220 valence electrons. The highest BCUT2D eigenvalue weighted by Gasteiger charge is 2.42. The van der Waals surface area contributed by atoms with Crippen molar-refractivity contribution in [3.8, 4) is 0 Å². The second kappa shape index (κ2) is 11.2. The third-order valence-electron chi connectivity index (χ3n) is 6.08. The van der Waals surface area contributed by atoms with Crippen LogP contribution < -0.4 is 4.90 Å². The minimum absolute atomic E-state index is 0.00441. The molecule has 6 nitrogen and oxygen atoms in total. The number of benzene rings is 2. The molecule has 0 saturated heterocycles. The van der Waals surface area contributed by atoms with Gasteiger partial charge in [-0.1, -0.05) is 29.3 Å². The molecule has 0 unspecified atom stereocenters. The molecule has 40 heavy (non-hydrogen) atoms. The van der Waals surface area contributed by atoms with Gasteiger partial charge in [0.2, 0.25) is 0 Å². The van der Waals surface area contributed by atoms with E-state index >= 15 is 0 Å². The Morgan fingerprint density at radius 1 is 1.00 bits per heavy atom. The third kappa shape index (κ3) is 6.88. The van der Waals surface area contributed by atoms with E-state index in [0.29, 0.717) is 12.1 Å². The number of carbonyl (C=O) groups excluding carboxylic acids is 2. The molecule has 0 N–H and O–H groups in total. The zero-order valence-electron chi connectivity index (χ0n) is 22.0. The standard InChI is InChI=1S/C26H26Cl2F6N2O4/c1-13-8-19(17-6-7-18(27)20(28)21(17)36(13)23(38)40-24(2,3)4)35(22(37)39-5)12-14-9-15(25(29,30)31)11-16(10-14)26(32,33)34/h6-7,9-11,13,19H,8,12H2,1-5H3/t13-,19+/m0/s1. The first kappa shape index (κ1) is 31.7. The van der Waals surface area contributed by atoms with E-state index < -0.39 is 65.5 Å². The molecular formula is C26H26Cl2F6N2O4. The van der Waals surface area contributed by atoms with Crippen LogP contribution in [0.4, 0.5) is 41.6 Å². The largest absolute Gasteiger partial charge is 0.453 e. The molecule has 2 amide bonds. The molecule has 14 heteroatoms. The molecule has 0 spiro atoms. The van der Waals surface area contributed by atoms with Crippen LogP contribution in [0.15, 0.2) is 30.3 Å². The average Bonchev–Trinajstić information content (AvgIpc) is 2.81. The smallest absolute Gasteiger partial charge is 0.416 e. The number of hydrogen-bond acceptors (Lipinski definition) is 4. The van der Waals surface area contributed by atoms with Crippen molar-refractivity contribution in [3.63, 3.8) is 0 Å². The highest BCUT2D eigenvalue weighted by Crippen LogP contribution is 2.48. The molecule has 2 aromatic rings. The lowest BCUT2D eigenvalue weighted by atomic mass is 9.90. The van der Waals surface area contributed by atoms with E-state index in [-0.39, 0.29) is 33.8 Å². The molecule has 0 aliphatic carbocycles. The maximum atomic E-state index is 13.5. The molecule has 1 aliphatic heterocycles. The Balaban J connectivity index is 2.16. The van der Waals surface area contributed by atoms with Gasteiger partial charge >= 0.3 is 24.5 Å². The van der Waals surface area contributed by atoms with Crippen molar-refractivity contribution in [1.29, 1.82) is 0 Å². The maximum absolute atomic E-state index is 13.5. The Morgan fingerprint density at radius 3 is 2.02 bits per heavy atom. The summed E-state index contributed by atoms with van der Waals surface area (Å²) in [4.78, 5) is 28.3. The van der Waals surface area contributed by atoms with Gasteiger partial charge in [-0.05, 0) is 63.9 Å². The van der Waals surface area contributed by atoms with Gasteiger partial charge < -0.3 is 9.47 Å². The average molecular weight is 615 g/mol. The molecule has 0 fully saturated rings. The van der Waals surface area contributed by atoms with Gasteiger partial charge in [-0.2, -0.15) is 26.3 Å². The fourth-order valence-corrected chi connectivity index (χ4v) is 4.86. The Morgan fingerprint density at radius 2 is 1.55 bits per heavy atom. The first-order chi connectivity index (χ1) is 18.2. The highest BCUT2D eigenvalue weighted by atomic mass is 35.5. The summed E-state index contributed by atoms with van der Waals surface area (Å²) in [6.07, 6.45) is -11.9. The maximum Gasteiger partial charge on any atom is 0.416 e. The van der Waals surface area contributed by atoms with Crippen LogP contribution in [-0.4, -0.2) is 35.8 Å². The van der Waals surface area contributed by atoms with Crippen molar-refractivity contribution in [3.05, 3.63) is 62.6 Å². The number of fused-ring (bicyclic) bond motifs is 1. The van der Waals surface area contributed by atoms with Gasteiger partial charge in [-0.15, -0.1) is 0 Å². The molecule has 2 aromatic carbocycles. The van der Waals surface area contributed by atoms with Crippen LogP contribution in [0, 0.1) is 0 Å². The van der Waals surface area contributed by atoms with Gasteiger partial charge in [0.05, 0.1) is 40.0 Å². The summed E-state index contributed by atoms with van der Waals surface area (Å²) in [6, 6.07) is 2.30. The SMILES string of the molecule is COC(=O)N(Cc1cc(C(F)(F)F)cc(C(F)(F)F)c1)[C@@H]1C[C@H](C)N(C(=O)OC(C)(C)C)c2c1ccc(Cl)c2Cl. The monoisotopic (exact) mass is 614 g/mol. The van der Waals surface area contributed by atoms with Gasteiger partial charge in [0.25, 0.3) is 0 Å². The van der Waals surface area contributed by atoms with Crippen molar-refractivity contribution in [2.24, 2.45) is 0 Å². The number of anilines is 1. The summed E-state index contributed by atoms with van der Waals surface area (Å²) in [7, 11) is 1.03. The fraction of sp³-hybridized carbons (Fsp3) is 0.462. The topological polar surface area (TPSA) is 59.1 Å². The van der Waals surface area contributed by atoms with Crippen LogP contribution in [0.2, 0.25) is 10.0 Å². The number of carbonyl (C=O) groups is 2. The summed E-state index contributed by atoms with van der Waals surface area (Å²) < 4.78 is 91.2. The van der Waals surface area contributed by atoms with Gasteiger partial charge in [0.15, 0.2) is 0 Å². The predicted molar refractivity (Wildman–Crippen MR) is 136 cm³/mol. The van der Waals surface area contributed by atoms with E-state index in [0.717, 1.165) is 12.0 Å². The number of hydrogen-bond donors (Lipinski definition) is 0. The van der Waals surface area contributed by atoms with Crippen molar-refractivity contribution < 1.29 is 45.4 Å². The summed E-state index contributed by atoms with van der Waals surface area (Å²) in [5, 5.41) is 0.0176. The van der Waals surface area contributed by atoms with E-state index in [1.165, 1.54) is 17.0 Å². The van der Waals surface area contributed by atoms with Crippen LogP contribution in [0.3, 0.4) is 0 Å². The Kier molecular flexibility index (Phi) is 8.86. The van der Waals surface area contributed by atoms with E-state index in [9.17, 15) is 35.9 Å².